The lowest BCUT2D eigenvalue weighted by Gasteiger charge is -2.36. The Morgan fingerprint density at radius 2 is 2.07 bits per heavy atom. The molecule has 1 unspecified atom stereocenters. The third kappa shape index (κ3) is 6.99. The first kappa shape index (κ1) is 24.8. The number of hydrogen-bond acceptors (Lipinski definition) is 3. The molecule has 1 aromatic carbocycles. The van der Waals surface area contributed by atoms with Gasteiger partial charge in [0.2, 0.25) is 5.91 Å². The maximum atomic E-state index is 12.0. The number of guanidine groups is 1. The number of carbonyl (C=O) groups is 1. The zero-order valence-corrected chi connectivity index (χ0v) is 20.3. The number of rotatable bonds is 6. The predicted octanol–water partition coefficient (Wildman–Crippen LogP) is 3.25. The van der Waals surface area contributed by atoms with Gasteiger partial charge in [0.25, 0.3) is 0 Å². The van der Waals surface area contributed by atoms with Crippen molar-refractivity contribution in [2.75, 3.05) is 38.1 Å². The summed E-state index contributed by atoms with van der Waals surface area (Å²) in [7, 11) is 1.66. The van der Waals surface area contributed by atoms with Gasteiger partial charge in [-0.3, -0.25) is 9.79 Å². The summed E-state index contributed by atoms with van der Waals surface area (Å²) in [6.45, 7) is 8.90. The highest BCUT2D eigenvalue weighted by Gasteiger charge is 2.27. The van der Waals surface area contributed by atoms with Crippen LogP contribution in [-0.4, -0.2) is 51.1 Å². The van der Waals surface area contributed by atoms with Gasteiger partial charge in [-0.25, -0.2) is 0 Å². The molecule has 28 heavy (non-hydrogen) atoms. The van der Waals surface area contributed by atoms with E-state index in [0.29, 0.717) is 6.54 Å². The highest BCUT2D eigenvalue weighted by atomic mass is 127. The molecule has 1 saturated heterocycles. The summed E-state index contributed by atoms with van der Waals surface area (Å²) in [4.78, 5) is 19.0. The SMILES string of the molecule is CCNC(=NCC(C)(C)C(=O)NC)NC1CCCN(c2ccccc2Cl)C1.I. The summed E-state index contributed by atoms with van der Waals surface area (Å²) in [5, 5.41) is 10.3. The standard InChI is InChI=1S/C20H32ClN5O.HI/c1-5-23-19(24-14-20(2,3)18(27)22-4)25-15-9-8-12-26(13-15)17-11-7-6-10-16(17)21;/h6-7,10-11,15H,5,8-9,12-14H2,1-4H3,(H,22,27)(H2,23,24,25);1H. The molecule has 158 valence electrons. The highest BCUT2D eigenvalue weighted by Crippen LogP contribution is 2.27. The topological polar surface area (TPSA) is 68.8 Å². The van der Waals surface area contributed by atoms with E-state index in [1.165, 1.54) is 0 Å². The molecular formula is C20H33ClIN5O. The van der Waals surface area contributed by atoms with Crippen LogP contribution in [0.15, 0.2) is 29.3 Å². The molecule has 1 heterocycles. The molecule has 1 aliphatic heterocycles. The van der Waals surface area contributed by atoms with Crippen LogP contribution < -0.4 is 20.9 Å². The summed E-state index contributed by atoms with van der Waals surface area (Å²) in [5.41, 5.74) is 0.529. The van der Waals surface area contributed by atoms with Gasteiger partial charge in [0.15, 0.2) is 5.96 Å². The van der Waals surface area contributed by atoms with Crippen LogP contribution in [0.25, 0.3) is 0 Å². The Morgan fingerprint density at radius 1 is 1.36 bits per heavy atom. The van der Waals surface area contributed by atoms with Crippen molar-refractivity contribution < 1.29 is 4.79 Å². The fourth-order valence-electron chi connectivity index (χ4n) is 3.22. The Balaban J connectivity index is 0.00000392. The van der Waals surface area contributed by atoms with Crippen LogP contribution in [0, 0.1) is 5.41 Å². The van der Waals surface area contributed by atoms with Crippen molar-refractivity contribution in [2.24, 2.45) is 10.4 Å². The molecule has 1 fully saturated rings. The van der Waals surface area contributed by atoms with Crippen LogP contribution in [0.1, 0.15) is 33.6 Å². The Morgan fingerprint density at radius 3 is 2.71 bits per heavy atom. The lowest BCUT2D eigenvalue weighted by molar-refractivity contribution is -0.128. The largest absolute Gasteiger partial charge is 0.368 e. The lowest BCUT2D eigenvalue weighted by Crippen LogP contribution is -2.51. The smallest absolute Gasteiger partial charge is 0.227 e. The number of hydrogen-bond donors (Lipinski definition) is 3. The van der Waals surface area contributed by atoms with Crippen molar-refractivity contribution >= 4 is 53.1 Å². The maximum absolute atomic E-state index is 12.0. The summed E-state index contributed by atoms with van der Waals surface area (Å²) in [6, 6.07) is 8.24. The number of carbonyl (C=O) groups excluding carboxylic acids is 1. The van der Waals surface area contributed by atoms with Crippen molar-refractivity contribution in [3.05, 3.63) is 29.3 Å². The number of para-hydroxylation sites is 1. The van der Waals surface area contributed by atoms with E-state index in [1.807, 2.05) is 39.0 Å². The Labute approximate surface area is 190 Å². The van der Waals surface area contributed by atoms with Crippen molar-refractivity contribution in [3.8, 4) is 0 Å². The fraction of sp³-hybridized carbons (Fsp3) is 0.600. The van der Waals surface area contributed by atoms with Crippen molar-refractivity contribution in [3.63, 3.8) is 0 Å². The van der Waals surface area contributed by atoms with Crippen LogP contribution >= 0.6 is 35.6 Å². The number of piperidine rings is 1. The first-order chi connectivity index (χ1) is 12.9. The Hall–Kier alpha value is -1.22. The Kier molecular flexibility index (Phi) is 10.4. The van der Waals surface area contributed by atoms with Gasteiger partial charge in [0.1, 0.15) is 0 Å². The van der Waals surface area contributed by atoms with E-state index >= 15 is 0 Å². The van der Waals surface area contributed by atoms with Crippen molar-refractivity contribution in [2.45, 2.75) is 39.7 Å². The minimum absolute atomic E-state index is 0. The second-order valence-corrected chi connectivity index (χ2v) is 7.95. The number of anilines is 1. The van der Waals surface area contributed by atoms with E-state index in [0.717, 1.165) is 49.1 Å². The minimum atomic E-state index is -0.548. The molecule has 0 aliphatic carbocycles. The fourth-order valence-corrected chi connectivity index (χ4v) is 3.48. The first-order valence-corrected chi connectivity index (χ1v) is 10.0. The van der Waals surface area contributed by atoms with Crippen LogP contribution in [-0.2, 0) is 4.79 Å². The zero-order chi connectivity index (χ0) is 19.9. The second-order valence-electron chi connectivity index (χ2n) is 7.54. The lowest BCUT2D eigenvalue weighted by atomic mass is 9.93. The molecule has 0 radical (unpaired) electrons. The molecule has 0 spiro atoms. The van der Waals surface area contributed by atoms with Gasteiger partial charge in [-0.1, -0.05) is 23.7 Å². The average molecular weight is 522 g/mol. The van der Waals surface area contributed by atoms with E-state index in [9.17, 15) is 4.79 Å². The molecule has 0 bridgehead atoms. The van der Waals surface area contributed by atoms with Gasteiger partial charge in [0.05, 0.1) is 22.7 Å². The third-order valence-electron chi connectivity index (χ3n) is 4.77. The summed E-state index contributed by atoms with van der Waals surface area (Å²) >= 11 is 6.37. The number of benzene rings is 1. The van der Waals surface area contributed by atoms with Gasteiger partial charge in [-0.2, -0.15) is 0 Å². The van der Waals surface area contributed by atoms with Gasteiger partial charge in [-0.15, -0.1) is 24.0 Å². The second kappa shape index (κ2) is 11.7. The van der Waals surface area contributed by atoms with Crippen LogP contribution in [0.4, 0.5) is 5.69 Å². The molecule has 2 rings (SSSR count). The van der Waals surface area contributed by atoms with Gasteiger partial charge in [0, 0.05) is 32.7 Å². The van der Waals surface area contributed by atoms with E-state index in [2.05, 4.69) is 31.9 Å². The molecule has 6 nitrogen and oxygen atoms in total. The van der Waals surface area contributed by atoms with Crippen molar-refractivity contribution in [1.82, 2.24) is 16.0 Å². The Bertz CT molecular complexity index is 668. The van der Waals surface area contributed by atoms with E-state index in [-0.39, 0.29) is 35.9 Å². The molecule has 1 aromatic rings. The van der Waals surface area contributed by atoms with E-state index in [4.69, 9.17) is 11.6 Å². The predicted molar refractivity (Wildman–Crippen MR) is 129 cm³/mol. The van der Waals surface area contributed by atoms with E-state index in [1.54, 1.807) is 7.05 Å². The molecule has 1 atom stereocenters. The van der Waals surface area contributed by atoms with Gasteiger partial charge in [-0.05, 0) is 45.7 Å². The first-order valence-electron chi connectivity index (χ1n) is 9.64. The quantitative estimate of drug-likeness (QED) is 0.305. The molecule has 0 saturated carbocycles. The molecule has 3 N–H and O–H groups in total. The molecular weight excluding hydrogens is 489 g/mol. The van der Waals surface area contributed by atoms with Gasteiger partial charge >= 0.3 is 0 Å². The molecule has 1 amide bonds. The summed E-state index contributed by atoms with van der Waals surface area (Å²) in [5.74, 6) is 0.741. The number of nitrogens with one attached hydrogen (secondary N) is 3. The molecule has 0 aromatic heterocycles. The van der Waals surface area contributed by atoms with Gasteiger partial charge < -0.3 is 20.9 Å². The molecule has 1 aliphatic rings. The molecule has 8 heteroatoms. The number of halogens is 2. The zero-order valence-electron chi connectivity index (χ0n) is 17.2. The van der Waals surface area contributed by atoms with Crippen LogP contribution in [0.2, 0.25) is 5.02 Å². The number of aliphatic imine (C=N–C) groups is 1. The van der Waals surface area contributed by atoms with Crippen molar-refractivity contribution in [1.29, 1.82) is 0 Å². The minimum Gasteiger partial charge on any atom is -0.368 e. The average Bonchev–Trinajstić information content (AvgIpc) is 2.66. The maximum Gasteiger partial charge on any atom is 0.227 e. The van der Waals surface area contributed by atoms with Crippen LogP contribution in [0.3, 0.4) is 0 Å². The third-order valence-corrected chi connectivity index (χ3v) is 5.09. The normalized spacial score (nSPS) is 17.5. The van der Waals surface area contributed by atoms with Crippen LogP contribution in [0.5, 0.6) is 0 Å². The highest BCUT2D eigenvalue weighted by molar-refractivity contribution is 14.0. The van der Waals surface area contributed by atoms with E-state index < -0.39 is 5.41 Å². The number of amides is 1. The monoisotopic (exact) mass is 521 g/mol. The summed E-state index contributed by atoms with van der Waals surface area (Å²) < 4.78 is 0. The summed E-state index contributed by atoms with van der Waals surface area (Å²) in [6.07, 6.45) is 2.16. The number of nitrogens with zero attached hydrogens (tertiary/aromatic N) is 2.